The zero-order valence-electron chi connectivity index (χ0n) is 16.7. The van der Waals surface area contributed by atoms with Gasteiger partial charge < -0.3 is 15.3 Å². The number of aliphatic carboxylic acids is 1. The van der Waals surface area contributed by atoms with Crippen molar-refractivity contribution < 1.29 is 36.6 Å². The van der Waals surface area contributed by atoms with Crippen molar-refractivity contribution in [1.29, 1.82) is 0 Å². The molecule has 1 aromatic rings. The first-order valence-electron chi connectivity index (χ1n) is 9.43. The monoisotopic (exact) mass is 470 g/mol. The van der Waals surface area contributed by atoms with Crippen molar-refractivity contribution in [3.8, 4) is 0 Å². The van der Waals surface area contributed by atoms with E-state index in [2.05, 4.69) is 9.50 Å². The second-order valence-corrected chi connectivity index (χ2v) is 9.78. The van der Waals surface area contributed by atoms with Gasteiger partial charge in [0.15, 0.2) is 0 Å². The molecule has 2 heterocycles. The molecule has 168 valence electrons. The predicted molar refractivity (Wildman–Crippen MR) is 111 cm³/mol. The lowest BCUT2D eigenvalue weighted by atomic mass is 9.83. The van der Waals surface area contributed by atoms with Crippen LogP contribution in [0.3, 0.4) is 0 Å². The van der Waals surface area contributed by atoms with E-state index in [4.69, 9.17) is 4.55 Å². The summed E-state index contributed by atoms with van der Waals surface area (Å²) in [6.45, 7) is 3.03. The fourth-order valence-corrected chi connectivity index (χ4v) is 5.56. The van der Waals surface area contributed by atoms with Crippen molar-refractivity contribution in [2.45, 2.75) is 44.2 Å². The van der Waals surface area contributed by atoms with Gasteiger partial charge in [-0.05, 0) is 19.4 Å². The van der Waals surface area contributed by atoms with Crippen LogP contribution < -0.4 is 5.32 Å². The number of hydrogen-bond donors (Lipinski definition) is 3. The number of nitrogens with zero attached hydrogens (tertiary/aromatic N) is 1. The van der Waals surface area contributed by atoms with Gasteiger partial charge in [-0.3, -0.25) is 14.1 Å². The van der Waals surface area contributed by atoms with Crippen molar-refractivity contribution in [1.82, 2.24) is 10.2 Å². The number of thioether (sulfide) groups is 1. The van der Waals surface area contributed by atoms with E-state index in [0.29, 0.717) is 4.91 Å². The zero-order valence-corrected chi connectivity index (χ0v) is 18.4. The average Bonchev–Trinajstić information content (AvgIpc) is 2.95. The number of carboxylic acid groups (broad SMARTS) is 1. The van der Waals surface area contributed by atoms with Crippen LogP contribution in [0.15, 0.2) is 40.9 Å². The molecule has 4 atom stereocenters. The lowest BCUT2D eigenvalue weighted by molar-refractivity contribution is -0.160. The molecule has 0 saturated carbocycles. The molecule has 0 radical (unpaired) electrons. The van der Waals surface area contributed by atoms with Gasteiger partial charge >= 0.3 is 16.4 Å². The molecular formula is C19H22N2O8S2. The molecule has 0 aliphatic carbocycles. The van der Waals surface area contributed by atoms with E-state index in [1.807, 2.05) is 30.3 Å². The Morgan fingerprint density at radius 3 is 2.52 bits per heavy atom. The van der Waals surface area contributed by atoms with Crippen LogP contribution in [-0.4, -0.2) is 58.3 Å². The van der Waals surface area contributed by atoms with Crippen LogP contribution in [-0.2, 0) is 35.4 Å². The van der Waals surface area contributed by atoms with Gasteiger partial charge in [-0.25, -0.2) is 8.98 Å². The molecule has 1 unspecified atom stereocenters. The standard InChI is InChI=1S/C19H22N2O8S2/c1-10(29-31(26,27)28)16-13-9-14(17(19(24)25)21(13)18(16)23)30-11(2)20-15(22)8-12-6-4-3-5-7-12/h3-7,10-11,13,16H,8-9H2,1-2H3,(H,20,22)(H,24,25)(H,26,27,28)/t10-,11?,13+,16-/m0/s1. The van der Waals surface area contributed by atoms with Crippen LogP contribution in [0, 0.1) is 5.92 Å². The Hall–Kier alpha value is -2.41. The molecule has 2 aliphatic rings. The van der Waals surface area contributed by atoms with Gasteiger partial charge in [0.1, 0.15) is 5.70 Å². The number of nitrogens with one attached hydrogen (secondary N) is 1. The summed E-state index contributed by atoms with van der Waals surface area (Å²) in [7, 11) is -4.75. The van der Waals surface area contributed by atoms with Crippen molar-refractivity contribution >= 4 is 39.9 Å². The van der Waals surface area contributed by atoms with E-state index in [0.717, 1.165) is 22.2 Å². The number of carbonyl (C=O) groups is 3. The molecule has 2 aliphatic heterocycles. The summed E-state index contributed by atoms with van der Waals surface area (Å²) in [4.78, 5) is 38.0. The number of amides is 2. The lowest BCUT2D eigenvalue weighted by Crippen LogP contribution is -2.62. The van der Waals surface area contributed by atoms with Gasteiger partial charge in [-0.15, -0.1) is 11.8 Å². The second-order valence-electron chi connectivity index (χ2n) is 7.30. The third kappa shape index (κ3) is 5.26. The number of fused-ring (bicyclic) bond motifs is 1. The first kappa shape index (κ1) is 23.3. The molecule has 1 saturated heterocycles. The Balaban J connectivity index is 1.66. The first-order chi connectivity index (χ1) is 14.5. The number of rotatable bonds is 9. The maximum absolute atomic E-state index is 12.5. The third-order valence-electron chi connectivity index (χ3n) is 5.04. The van der Waals surface area contributed by atoms with Gasteiger partial charge in [0.2, 0.25) is 11.8 Å². The summed E-state index contributed by atoms with van der Waals surface area (Å²) in [5, 5.41) is 11.9. The normalized spacial score (nSPS) is 22.5. The topological polar surface area (TPSA) is 150 Å². The molecule has 0 spiro atoms. The Kier molecular flexibility index (Phi) is 6.74. The first-order valence-corrected chi connectivity index (χ1v) is 11.7. The van der Waals surface area contributed by atoms with Gasteiger partial charge in [0.05, 0.1) is 29.9 Å². The lowest BCUT2D eigenvalue weighted by Gasteiger charge is -2.45. The SMILES string of the molecule is CC(NC(=O)Cc1ccccc1)SC1=C(C(=O)O)N2C(=O)[C@@H]([C@H](C)OS(=O)(=O)O)[C@H]2C1. The molecule has 0 bridgehead atoms. The van der Waals surface area contributed by atoms with Crippen LogP contribution in [0.2, 0.25) is 0 Å². The number of carboxylic acids is 1. The van der Waals surface area contributed by atoms with Crippen LogP contribution in [0.5, 0.6) is 0 Å². The summed E-state index contributed by atoms with van der Waals surface area (Å²) < 4.78 is 35.3. The smallest absolute Gasteiger partial charge is 0.397 e. The summed E-state index contributed by atoms with van der Waals surface area (Å²) in [5.41, 5.74) is 0.661. The number of benzene rings is 1. The molecule has 1 aromatic carbocycles. The Morgan fingerprint density at radius 2 is 1.94 bits per heavy atom. The molecule has 3 rings (SSSR count). The van der Waals surface area contributed by atoms with Gasteiger partial charge in [0.25, 0.3) is 0 Å². The van der Waals surface area contributed by atoms with Crippen LogP contribution >= 0.6 is 11.8 Å². The quantitative estimate of drug-likeness (QED) is 0.274. The van der Waals surface area contributed by atoms with E-state index < -0.39 is 45.7 Å². The minimum atomic E-state index is -4.75. The van der Waals surface area contributed by atoms with Gasteiger partial charge in [-0.1, -0.05) is 30.3 Å². The fraction of sp³-hybridized carbons (Fsp3) is 0.421. The minimum absolute atomic E-state index is 0.177. The Labute approximate surface area is 183 Å². The second kappa shape index (κ2) is 8.99. The van der Waals surface area contributed by atoms with E-state index in [1.165, 1.54) is 6.92 Å². The summed E-state index contributed by atoms with van der Waals surface area (Å²) >= 11 is 1.12. The van der Waals surface area contributed by atoms with E-state index in [9.17, 15) is 27.9 Å². The molecule has 31 heavy (non-hydrogen) atoms. The van der Waals surface area contributed by atoms with E-state index >= 15 is 0 Å². The molecule has 2 amide bonds. The van der Waals surface area contributed by atoms with Gasteiger partial charge in [0, 0.05) is 11.3 Å². The molecule has 1 fully saturated rings. The summed E-state index contributed by atoms with van der Waals surface area (Å²) in [6, 6.07) is 8.56. The maximum Gasteiger partial charge on any atom is 0.397 e. The molecule has 0 aromatic heterocycles. The highest BCUT2D eigenvalue weighted by Crippen LogP contribution is 2.48. The molecule has 12 heteroatoms. The van der Waals surface area contributed by atoms with Crippen molar-refractivity contribution in [2.24, 2.45) is 5.92 Å². The van der Waals surface area contributed by atoms with Crippen molar-refractivity contribution in [2.75, 3.05) is 0 Å². The van der Waals surface area contributed by atoms with E-state index in [-0.39, 0.29) is 24.4 Å². The largest absolute Gasteiger partial charge is 0.477 e. The average molecular weight is 471 g/mol. The van der Waals surface area contributed by atoms with Crippen molar-refractivity contribution in [3.63, 3.8) is 0 Å². The predicted octanol–water partition coefficient (Wildman–Crippen LogP) is 1.16. The van der Waals surface area contributed by atoms with Crippen LogP contribution in [0.1, 0.15) is 25.8 Å². The highest BCUT2D eigenvalue weighted by Gasteiger charge is 2.58. The van der Waals surface area contributed by atoms with Crippen LogP contribution in [0.25, 0.3) is 0 Å². The Morgan fingerprint density at radius 1 is 1.29 bits per heavy atom. The van der Waals surface area contributed by atoms with E-state index in [1.54, 1.807) is 6.92 Å². The minimum Gasteiger partial charge on any atom is -0.477 e. The third-order valence-corrected chi connectivity index (χ3v) is 6.70. The highest BCUT2D eigenvalue weighted by atomic mass is 32.3. The Bertz CT molecular complexity index is 1020. The molecule has 3 N–H and O–H groups in total. The number of carbonyl (C=O) groups excluding carboxylic acids is 2. The highest BCUT2D eigenvalue weighted by molar-refractivity contribution is 8.03. The van der Waals surface area contributed by atoms with Crippen LogP contribution in [0.4, 0.5) is 0 Å². The molecule has 10 nitrogen and oxygen atoms in total. The van der Waals surface area contributed by atoms with Gasteiger partial charge in [-0.2, -0.15) is 8.42 Å². The summed E-state index contributed by atoms with van der Waals surface area (Å²) in [6.07, 6.45) is -0.789. The zero-order chi connectivity index (χ0) is 22.9. The molecular weight excluding hydrogens is 448 g/mol. The van der Waals surface area contributed by atoms with Crippen molar-refractivity contribution in [3.05, 3.63) is 46.5 Å². The number of β-lactam (4-membered cyclic amide) rings is 1. The fourth-order valence-electron chi connectivity index (χ4n) is 3.88. The maximum atomic E-state index is 12.5. The number of hydrogen-bond acceptors (Lipinski definition) is 7. The summed E-state index contributed by atoms with van der Waals surface area (Å²) in [5.74, 6) is -3.01.